The zero-order valence-electron chi connectivity index (χ0n) is 15.9. The van der Waals surface area contributed by atoms with Crippen molar-refractivity contribution in [1.29, 1.82) is 21.0 Å². The number of nitrogens with zero attached hydrogens (tertiary/aromatic N) is 5. The van der Waals surface area contributed by atoms with Crippen molar-refractivity contribution in [2.24, 2.45) is 10.8 Å². The maximum absolute atomic E-state index is 11.1. The number of thioether (sulfide) groups is 2. The van der Waals surface area contributed by atoms with Crippen LogP contribution in [0.25, 0.3) is 0 Å². The molecule has 3 unspecified atom stereocenters. The molecule has 0 spiro atoms. The minimum absolute atomic E-state index is 0.117. The third-order valence-corrected chi connectivity index (χ3v) is 9.94. The molecule has 0 N–H and O–H groups in total. The van der Waals surface area contributed by atoms with Crippen LogP contribution in [-0.2, 0) is 4.08 Å². The van der Waals surface area contributed by atoms with Crippen LogP contribution in [0.1, 0.15) is 17.0 Å². The Hall–Kier alpha value is -3.50. The Labute approximate surface area is 187 Å². The highest BCUT2D eigenvalue weighted by atomic mass is 32.2. The molecule has 2 aromatic rings. The fourth-order valence-corrected chi connectivity index (χ4v) is 8.90. The highest BCUT2D eigenvalue weighted by molar-refractivity contribution is 8.21. The van der Waals surface area contributed by atoms with Gasteiger partial charge in [0.25, 0.3) is 5.69 Å². The number of nitro benzene ring substituents is 1. The maximum Gasteiger partial charge on any atom is 0.269 e. The first-order valence-electron chi connectivity index (χ1n) is 9.22. The van der Waals surface area contributed by atoms with Crippen LogP contribution < -0.4 is 0 Å². The predicted molar refractivity (Wildman–Crippen MR) is 115 cm³/mol. The fourth-order valence-electron chi connectivity index (χ4n) is 4.59. The van der Waals surface area contributed by atoms with Crippen molar-refractivity contribution in [2.45, 2.75) is 15.2 Å². The number of benzene rings is 2. The average Bonchev–Trinajstić information content (AvgIpc) is 3.22. The number of fused-ring (bicyclic) bond motifs is 2. The molecule has 0 amide bonds. The lowest BCUT2D eigenvalue weighted by Crippen LogP contribution is -2.57. The molecule has 2 bridgehead atoms. The fraction of sp³-hybridized carbons (Fsp3) is 0.273. The molecular formula is C22H13N5O2S2. The summed E-state index contributed by atoms with van der Waals surface area (Å²) in [5.41, 5.74) is -2.81. The van der Waals surface area contributed by atoms with E-state index < -0.39 is 25.8 Å². The Morgan fingerprint density at radius 2 is 1.55 bits per heavy atom. The molecule has 9 heteroatoms. The summed E-state index contributed by atoms with van der Waals surface area (Å²) in [6, 6.07) is 23.1. The molecule has 2 aliphatic rings. The van der Waals surface area contributed by atoms with Gasteiger partial charge in [-0.05, 0) is 23.3 Å². The van der Waals surface area contributed by atoms with Crippen LogP contribution in [0.5, 0.6) is 0 Å². The molecule has 2 heterocycles. The first kappa shape index (κ1) is 20.8. The van der Waals surface area contributed by atoms with Crippen molar-refractivity contribution in [3.8, 4) is 24.3 Å². The van der Waals surface area contributed by atoms with Gasteiger partial charge in [-0.25, -0.2) is 0 Å². The summed E-state index contributed by atoms with van der Waals surface area (Å²) in [6.45, 7) is 0. The Balaban J connectivity index is 2.01. The van der Waals surface area contributed by atoms with E-state index in [2.05, 4.69) is 24.3 Å². The summed E-state index contributed by atoms with van der Waals surface area (Å²) in [6.07, 6.45) is 0. The van der Waals surface area contributed by atoms with E-state index in [4.69, 9.17) is 0 Å². The summed E-state index contributed by atoms with van der Waals surface area (Å²) in [5.74, 6) is -0.119. The molecule has 2 aromatic carbocycles. The van der Waals surface area contributed by atoms with Gasteiger partial charge in [0, 0.05) is 29.1 Å². The SMILES string of the molecule is N#CC1(C#N)C(c2ccccc2)C2CSC(c3ccc([N+](=O)[O-])cc3)(S2)C1(C#N)C#N. The highest BCUT2D eigenvalue weighted by Crippen LogP contribution is 2.77. The molecular weight excluding hydrogens is 430 g/mol. The van der Waals surface area contributed by atoms with Gasteiger partial charge >= 0.3 is 0 Å². The van der Waals surface area contributed by atoms with Crippen molar-refractivity contribution in [3.63, 3.8) is 0 Å². The largest absolute Gasteiger partial charge is 0.269 e. The van der Waals surface area contributed by atoms with Crippen LogP contribution in [0.15, 0.2) is 54.6 Å². The topological polar surface area (TPSA) is 138 Å². The Kier molecular flexibility index (Phi) is 4.91. The van der Waals surface area contributed by atoms with Crippen LogP contribution in [0, 0.1) is 66.3 Å². The summed E-state index contributed by atoms with van der Waals surface area (Å²) in [5, 5.41) is 52.3. The molecule has 4 rings (SSSR count). The van der Waals surface area contributed by atoms with Crippen molar-refractivity contribution in [3.05, 3.63) is 75.8 Å². The van der Waals surface area contributed by atoms with E-state index in [1.807, 2.05) is 18.2 Å². The smallest absolute Gasteiger partial charge is 0.258 e. The summed E-state index contributed by atoms with van der Waals surface area (Å²) >= 11 is 2.77. The van der Waals surface area contributed by atoms with Crippen LogP contribution in [0.2, 0.25) is 0 Å². The van der Waals surface area contributed by atoms with Crippen molar-refractivity contribution < 1.29 is 4.92 Å². The molecule has 2 aliphatic heterocycles. The standard InChI is InChI=1S/C22H13N5O2S2/c23-11-20(12-24)19(15-4-2-1-3-5-15)18-10-30-22(31-18,21(20,13-25)14-26)16-6-8-17(9-7-16)27(28)29/h1-9,18-19H,10H2. The number of nitro groups is 1. The van der Waals surface area contributed by atoms with E-state index in [0.717, 1.165) is 5.56 Å². The number of non-ortho nitro benzene ring substituents is 1. The second kappa shape index (κ2) is 7.33. The van der Waals surface area contributed by atoms with Gasteiger partial charge in [-0.3, -0.25) is 10.1 Å². The van der Waals surface area contributed by atoms with Crippen LogP contribution in [0.3, 0.4) is 0 Å². The zero-order valence-corrected chi connectivity index (χ0v) is 17.6. The van der Waals surface area contributed by atoms with Gasteiger partial charge in [0.15, 0.2) is 5.41 Å². The highest BCUT2D eigenvalue weighted by Gasteiger charge is 2.77. The van der Waals surface area contributed by atoms with E-state index in [-0.39, 0.29) is 10.9 Å². The molecule has 31 heavy (non-hydrogen) atoms. The maximum atomic E-state index is 11.1. The molecule has 0 aromatic heterocycles. The van der Waals surface area contributed by atoms with E-state index >= 15 is 0 Å². The van der Waals surface area contributed by atoms with Crippen molar-refractivity contribution in [1.82, 2.24) is 0 Å². The molecule has 0 saturated carbocycles. The minimum atomic E-state index is -2.01. The second-order valence-electron chi connectivity index (χ2n) is 7.28. The van der Waals surface area contributed by atoms with Crippen LogP contribution in [0.4, 0.5) is 5.69 Å². The number of rotatable bonds is 3. The number of hydrogen-bond acceptors (Lipinski definition) is 8. The van der Waals surface area contributed by atoms with Gasteiger partial charge in [0.05, 0.1) is 29.2 Å². The number of hydrogen-bond donors (Lipinski definition) is 0. The molecule has 2 fully saturated rings. The van der Waals surface area contributed by atoms with Crippen molar-refractivity contribution in [2.75, 3.05) is 5.75 Å². The Bertz CT molecular complexity index is 1190. The van der Waals surface area contributed by atoms with Crippen molar-refractivity contribution >= 4 is 29.2 Å². The lowest BCUT2D eigenvalue weighted by atomic mass is 9.55. The lowest BCUT2D eigenvalue weighted by Gasteiger charge is -2.51. The summed E-state index contributed by atoms with van der Waals surface area (Å²) in [7, 11) is 0. The van der Waals surface area contributed by atoms with Gasteiger partial charge < -0.3 is 0 Å². The van der Waals surface area contributed by atoms with Gasteiger partial charge in [-0.1, -0.05) is 30.3 Å². The van der Waals surface area contributed by atoms with E-state index in [1.165, 1.54) is 47.8 Å². The molecule has 0 aliphatic carbocycles. The normalized spacial score (nSPS) is 27.1. The minimum Gasteiger partial charge on any atom is -0.258 e. The Morgan fingerprint density at radius 3 is 2.06 bits per heavy atom. The first-order chi connectivity index (χ1) is 14.9. The van der Waals surface area contributed by atoms with E-state index in [0.29, 0.717) is 11.3 Å². The third-order valence-electron chi connectivity index (χ3n) is 6.00. The molecule has 7 nitrogen and oxygen atoms in total. The van der Waals surface area contributed by atoms with Gasteiger partial charge in [-0.15, -0.1) is 23.5 Å². The van der Waals surface area contributed by atoms with Gasteiger partial charge in [0.2, 0.25) is 5.41 Å². The van der Waals surface area contributed by atoms with E-state index in [1.54, 1.807) is 12.1 Å². The molecule has 150 valence electrons. The molecule has 2 saturated heterocycles. The quantitative estimate of drug-likeness (QED) is 0.500. The van der Waals surface area contributed by atoms with Crippen LogP contribution >= 0.6 is 23.5 Å². The summed E-state index contributed by atoms with van der Waals surface area (Å²) in [4.78, 5) is 10.6. The monoisotopic (exact) mass is 443 g/mol. The molecule has 3 atom stereocenters. The van der Waals surface area contributed by atoms with Gasteiger partial charge in [0.1, 0.15) is 4.08 Å². The number of nitriles is 4. The lowest BCUT2D eigenvalue weighted by molar-refractivity contribution is -0.384. The first-order valence-corrected chi connectivity index (χ1v) is 11.1. The Morgan fingerprint density at radius 1 is 0.935 bits per heavy atom. The van der Waals surface area contributed by atoms with Crippen LogP contribution in [-0.4, -0.2) is 15.9 Å². The average molecular weight is 444 g/mol. The zero-order chi connectivity index (χ0) is 22.3. The second-order valence-corrected chi connectivity index (χ2v) is 10.2. The summed E-state index contributed by atoms with van der Waals surface area (Å²) < 4.78 is -1.23. The van der Waals surface area contributed by atoms with E-state index in [9.17, 15) is 31.2 Å². The van der Waals surface area contributed by atoms with Gasteiger partial charge in [-0.2, -0.15) is 21.0 Å². The predicted octanol–water partition coefficient (Wildman–Crippen LogP) is 4.46. The molecule has 0 radical (unpaired) electrons. The third kappa shape index (κ3) is 2.52.